The van der Waals surface area contributed by atoms with E-state index in [0.717, 1.165) is 18.7 Å². The van der Waals surface area contributed by atoms with Crippen LogP contribution in [-0.4, -0.2) is 59.3 Å². The van der Waals surface area contributed by atoms with Crippen LogP contribution in [0.4, 0.5) is 4.79 Å². The molecule has 1 unspecified atom stereocenters. The summed E-state index contributed by atoms with van der Waals surface area (Å²) in [6.45, 7) is 8.98. The third-order valence-corrected chi connectivity index (χ3v) is 3.64. The molecule has 2 rings (SSSR count). The van der Waals surface area contributed by atoms with Crippen molar-refractivity contribution >= 4 is 6.09 Å². The minimum Gasteiger partial charge on any atom is -0.444 e. The molecule has 1 heterocycles. The van der Waals surface area contributed by atoms with Crippen LogP contribution in [0.2, 0.25) is 0 Å². The van der Waals surface area contributed by atoms with E-state index in [1.807, 2.05) is 51.1 Å². The fourth-order valence-electron chi connectivity index (χ4n) is 2.46. The molecule has 0 radical (unpaired) electrons. The number of carbonyl (C=O) groups excluding carboxylic acids is 1. The van der Waals surface area contributed by atoms with Gasteiger partial charge in [-0.2, -0.15) is 0 Å². The summed E-state index contributed by atoms with van der Waals surface area (Å²) in [7, 11) is 0. The van der Waals surface area contributed by atoms with E-state index in [0.29, 0.717) is 19.6 Å². The Morgan fingerprint density at radius 3 is 2.32 bits per heavy atom. The Bertz CT molecular complexity index is 476. The molecule has 0 spiro atoms. The molecule has 5 nitrogen and oxygen atoms in total. The number of β-amino-alcohol motifs (C(OH)–C–C–N with tert-alkyl or cyclic N) is 1. The highest BCUT2D eigenvalue weighted by Gasteiger charge is 2.26. The minimum atomic E-state index is -0.491. The maximum Gasteiger partial charge on any atom is 0.410 e. The van der Waals surface area contributed by atoms with Crippen molar-refractivity contribution in [1.82, 2.24) is 9.80 Å². The molecule has 1 N–H and O–H groups in total. The van der Waals surface area contributed by atoms with Crippen molar-refractivity contribution in [2.75, 3.05) is 32.7 Å². The van der Waals surface area contributed by atoms with E-state index in [4.69, 9.17) is 4.74 Å². The molecular formula is C17H26N2O3. The summed E-state index contributed by atoms with van der Waals surface area (Å²) in [5.41, 5.74) is 0.467. The number of nitrogens with zero attached hydrogens (tertiary/aromatic N) is 2. The number of hydrogen-bond donors (Lipinski definition) is 1. The zero-order valence-corrected chi connectivity index (χ0v) is 13.7. The predicted octanol–water partition coefficient (Wildman–Crippen LogP) is 2.27. The molecular weight excluding hydrogens is 280 g/mol. The van der Waals surface area contributed by atoms with Gasteiger partial charge in [-0.15, -0.1) is 0 Å². The fourth-order valence-corrected chi connectivity index (χ4v) is 2.46. The Hall–Kier alpha value is -1.59. The van der Waals surface area contributed by atoms with Gasteiger partial charge in [0.15, 0.2) is 0 Å². The average molecular weight is 306 g/mol. The molecule has 0 bridgehead atoms. The molecule has 1 saturated heterocycles. The second kappa shape index (κ2) is 7.11. The van der Waals surface area contributed by atoms with Crippen molar-refractivity contribution in [3.05, 3.63) is 35.9 Å². The molecule has 1 aromatic carbocycles. The van der Waals surface area contributed by atoms with Gasteiger partial charge in [-0.05, 0) is 26.3 Å². The summed E-state index contributed by atoms with van der Waals surface area (Å²) >= 11 is 0. The smallest absolute Gasteiger partial charge is 0.410 e. The van der Waals surface area contributed by atoms with Gasteiger partial charge < -0.3 is 14.7 Å². The predicted molar refractivity (Wildman–Crippen MR) is 85.6 cm³/mol. The lowest BCUT2D eigenvalue weighted by atomic mass is 10.1. The first-order valence-electron chi connectivity index (χ1n) is 7.78. The summed E-state index contributed by atoms with van der Waals surface area (Å²) in [5, 5.41) is 10.3. The van der Waals surface area contributed by atoms with Gasteiger partial charge in [-0.3, -0.25) is 4.90 Å². The van der Waals surface area contributed by atoms with Crippen LogP contribution in [0.5, 0.6) is 0 Å². The topological polar surface area (TPSA) is 53.0 Å². The van der Waals surface area contributed by atoms with Gasteiger partial charge in [0.1, 0.15) is 5.60 Å². The van der Waals surface area contributed by atoms with Crippen molar-refractivity contribution in [2.45, 2.75) is 32.5 Å². The molecule has 0 aromatic heterocycles. The maximum atomic E-state index is 12.0. The summed E-state index contributed by atoms with van der Waals surface area (Å²) in [5.74, 6) is 0. The standard InChI is InChI=1S/C17H26N2O3/c1-17(2,3)22-16(21)19-11-9-18(10-12-19)13-15(20)14-7-5-4-6-8-14/h4-8,15,20H,9-13H2,1-3H3. The molecule has 0 aliphatic carbocycles. The van der Waals surface area contributed by atoms with Gasteiger partial charge in [0.05, 0.1) is 6.10 Å². The highest BCUT2D eigenvalue weighted by Crippen LogP contribution is 2.16. The third-order valence-electron chi connectivity index (χ3n) is 3.64. The van der Waals surface area contributed by atoms with Gasteiger partial charge >= 0.3 is 6.09 Å². The quantitative estimate of drug-likeness (QED) is 0.931. The Kier molecular flexibility index (Phi) is 5.42. The first-order chi connectivity index (χ1) is 10.3. The largest absolute Gasteiger partial charge is 0.444 e. The number of benzene rings is 1. The molecule has 1 aliphatic rings. The second-order valence-corrected chi connectivity index (χ2v) is 6.69. The lowest BCUT2D eigenvalue weighted by Gasteiger charge is -2.36. The number of hydrogen-bond acceptors (Lipinski definition) is 4. The lowest BCUT2D eigenvalue weighted by molar-refractivity contribution is 0.0101. The summed E-state index contributed by atoms with van der Waals surface area (Å²) < 4.78 is 5.38. The molecule has 5 heteroatoms. The normalized spacial score (nSPS) is 18.1. The third kappa shape index (κ3) is 5.00. The number of aliphatic hydroxyl groups excluding tert-OH is 1. The molecule has 0 saturated carbocycles. The maximum absolute atomic E-state index is 12.0. The summed E-state index contributed by atoms with van der Waals surface area (Å²) in [6, 6.07) is 9.66. The van der Waals surface area contributed by atoms with Crippen LogP contribution in [0.1, 0.15) is 32.4 Å². The number of amides is 1. The Morgan fingerprint density at radius 1 is 1.18 bits per heavy atom. The minimum absolute atomic E-state index is 0.254. The molecule has 122 valence electrons. The molecule has 1 aliphatic heterocycles. The number of aliphatic hydroxyl groups is 1. The van der Waals surface area contributed by atoms with Crippen LogP contribution in [-0.2, 0) is 4.74 Å². The number of rotatable bonds is 3. The highest BCUT2D eigenvalue weighted by atomic mass is 16.6. The van der Waals surface area contributed by atoms with Gasteiger partial charge in [0, 0.05) is 32.7 Å². The second-order valence-electron chi connectivity index (χ2n) is 6.69. The van der Waals surface area contributed by atoms with Crippen LogP contribution in [0.15, 0.2) is 30.3 Å². The van der Waals surface area contributed by atoms with E-state index in [1.54, 1.807) is 4.90 Å². The zero-order chi connectivity index (χ0) is 16.2. The first kappa shape index (κ1) is 16.8. The zero-order valence-electron chi connectivity index (χ0n) is 13.7. The Balaban J connectivity index is 1.79. The highest BCUT2D eigenvalue weighted by molar-refractivity contribution is 5.68. The molecule has 1 aromatic rings. The van der Waals surface area contributed by atoms with Crippen LogP contribution in [0.3, 0.4) is 0 Å². The number of piperazine rings is 1. The van der Waals surface area contributed by atoms with Crippen LogP contribution in [0, 0.1) is 0 Å². The van der Waals surface area contributed by atoms with E-state index in [1.165, 1.54) is 0 Å². The average Bonchev–Trinajstić information content (AvgIpc) is 2.47. The van der Waals surface area contributed by atoms with Crippen molar-refractivity contribution in [2.24, 2.45) is 0 Å². The van der Waals surface area contributed by atoms with E-state index in [-0.39, 0.29) is 6.09 Å². The van der Waals surface area contributed by atoms with Crippen molar-refractivity contribution in [1.29, 1.82) is 0 Å². The number of carbonyl (C=O) groups is 1. The molecule has 22 heavy (non-hydrogen) atoms. The molecule has 1 atom stereocenters. The van der Waals surface area contributed by atoms with Crippen LogP contribution in [0.25, 0.3) is 0 Å². The van der Waals surface area contributed by atoms with Crippen molar-refractivity contribution in [3.8, 4) is 0 Å². The monoisotopic (exact) mass is 306 g/mol. The lowest BCUT2D eigenvalue weighted by Crippen LogP contribution is -2.50. The van der Waals surface area contributed by atoms with E-state index in [9.17, 15) is 9.90 Å². The number of ether oxygens (including phenoxy) is 1. The van der Waals surface area contributed by atoms with Gasteiger partial charge in [0.2, 0.25) is 0 Å². The van der Waals surface area contributed by atoms with Gasteiger partial charge in [-0.25, -0.2) is 4.79 Å². The molecule has 1 fully saturated rings. The van der Waals surface area contributed by atoms with Crippen molar-refractivity contribution < 1.29 is 14.6 Å². The van der Waals surface area contributed by atoms with Gasteiger partial charge in [0.25, 0.3) is 0 Å². The first-order valence-corrected chi connectivity index (χ1v) is 7.78. The SMILES string of the molecule is CC(C)(C)OC(=O)N1CCN(CC(O)c2ccccc2)CC1. The van der Waals surface area contributed by atoms with Crippen molar-refractivity contribution in [3.63, 3.8) is 0 Å². The van der Waals surface area contributed by atoms with E-state index < -0.39 is 11.7 Å². The Morgan fingerprint density at radius 2 is 1.77 bits per heavy atom. The van der Waals surface area contributed by atoms with E-state index >= 15 is 0 Å². The van der Waals surface area contributed by atoms with Crippen LogP contribution < -0.4 is 0 Å². The van der Waals surface area contributed by atoms with E-state index in [2.05, 4.69) is 4.90 Å². The fraction of sp³-hybridized carbons (Fsp3) is 0.588. The Labute approximate surface area is 132 Å². The summed E-state index contributed by atoms with van der Waals surface area (Å²) in [6.07, 6.45) is -0.745. The van der Waals surface area contributed by atoms with Gasteiger partial charge in [-0.1, -0.05) is 30.3 Å². The summed E-state index contributed by atoms with van der Waals surface area (Å²) in [4.78, 5) is 15.9. The van der Waals surface area contributed by atoms with Crippen LogP contribution >= 0.6 is 0 Å². The molecule has 1 amide bonds.